The number of likely N-dealkylation sites (N-methyl/N-ethyl adjacent to an activating group) is 1. The van der Waals surface area contributed by atoms with Crippen molar-refractivity contribution in [2.24, 2.45) is 0 Å². The van der Waals surface area contributed by atoms with Crippen LogP contribution in [-0.2, 0) is 16.1 Å². The van der Waals surface area contributed by atoms with Gasteiger partial charge in [0.15, 0.2) is 11.6 Å². The second-order valence-electron chi connectivity index (χ2n) is 7.55. The molecular formula is C26H24F3NO5. The number of nitrogens with zero attached hydrogens (tertiary/aromatic N) is 1. The number of benzene rings is 3. The largest absolute Gasteiger partial charge is 0.496 e. The summed E-state index contributed by atoms with van der Waals surface area (Å²) in [5, 5.41) is 0. The predicted molar refractivity (Wildman–Crippen MR) is 123 cm³/mol. The van der Waals surface area contributed by atoms with Crippen molar-refractivity contribution in [3.05, 3.63) is 83.2 Å². The molecule has 0 atom stereocenters. The van der Waals surface area contributed by atoms with Crippen LogP contribution in [-0.4, -0.2) is 44.1 Å². The molecule has 0 saturated carbocycles. The van der Waals surface area contributed by atoms with E-state index in [9.17, 15) is 22.8 Å². The molecule has 0 spiro atoms. The van der Waals surface area contributed by atoms with Crippen LogP contribution in [0.3, 0.4) is 0 Å². The summed E-state index contributed by atoms with van der Waals surface area (Å²) in [6.45, 7) is 1.47. The van der Waals surface area contributed by atoms with E-state index in [0.717, 1.165) is 18.2 Å². The third kappa shape index (κ3) is 6.32. The Morgan fingerprint density at radius 2 is 1.60 bits per heavy atom. The van der Waals surface area contributed by atoms with E-state index in [4.69, 9.17) is 14.2 Å². The fourth-order valence-electron chi connectivity index (χ4n) is 3.33. The minimum absolute atomic E-state index is 0.145. The molecule has 0 saturated heterocycles. The van der Waals surface area contributed by atoms with Crippen LogP contribution < -0.4 is 9.47 Å². The molecule has 1 amide bonds. The maximum atomic E-state index is 14.3. The highest BCUT2D eigenvalue weighted by atomic mass is 19.2. The minimum Gasteiger partial charge on any atom is -0.496 e. The lowest BCUT2D eigenvalue weighted by Gasteiger charge is -2.17. The van der Waals surface area contributed by atoms with E-state index in [1.807, 2.05) is 0 Å². The molecule has 0 heterocycles. The fourth-order valence-corrected chi connectivity index (χ4v) is 3.33. The smallest absolute Gasteiger partial charge is 0.325 e. The number of ether oxygens (including phenoxy) is 3. The summed E-state index contributed by atoms with van der Waals surface area (Å²) < 4.78 is 57.1. The van der Waals surface area contributed by atoms with Gasteiger partial charge in [-0.05, 0) is 48.9 Å². The Morgan fingerprint density at radius 1 is 0.914 bits per heavy atom. The summed E-state index contributed by atoms with van der Waals surface area (Å²) in [6, 6.07) is 12.3. The van der Waals surface area contributed by atoms with Gasteiger partial charge in [-0.1, -0.05) is 12.1 Å². The van der Waals surface area contributed by atoms with Crippen molar-refractivity contribution in [3.8, 4) is 22.6 Å². The maximum absolute atomic E-state index is 14.3. The zero-order valence-corrected chi connectivity index (χ0v) is 19.4. The minimum atomic E-state index is -1.01. The van der Waals surface area contributed by atoms with Crippen molar-refractivity contribution in [1.29, 1.82) is 0 Å². The molecule has 184 valence electrons. The Labute approximate surface area is 200 Å². The van der Waals surface area contributed by atoms with Crippen LogP contribution in [0.15, 0.2) is 54.6 Å². The molecule has 35 heavy (non-hydrogen) atoms. The predicted octanol–water partition coefficient (Wildman–Crippen LogP) is 4.99. The molecule has 0 bridgehead atoms. The Bertz CT molecular complexity index is 1210. The Morgan fingerprint density at radius 3 is 2.26 bits per heavy atom. The number of esters is 1. The molecule has 6 nitrogen and oxygen atoms in total. The summed E-state index contributed by atoms with van der Waals surface area (Å²) in [5.74, 6) is -3.01. The highest BCUT2D eigenvalue weighted by Crippen LogP contribution is 2.33. The van der Waals surface area contributed by atoms with Gasteiger partial charge in [0.05, 0.1) is 13.7 Å². The zero-order chi connectivity index (χ0) is 25.5. The lowest BCUT2D eigenvalue weighted by Crippen LogP contribution is -2.33. The number of amides is 1. The maximum Gasteiger partial charge on any atom is 0.325 e. The van der Waals surface area contributed by atoms with Gasteiger partial charge in [0.1, 0.15) is 30.5 Å². The molecule has 0 aliphatic rings. The van der Waals surface area contributed by atoms with Crippen LogP contribution in [0, 0.1) is 17.5 Å². The topological polar surface area (TPSA) is 65.1 Å². The molecular weight excluding hydrogens is 463 g/mol. The van der Waals surface area contributed by atoms with Crippen LogP contribution in [0.2, 0.25) is 0 Å². The summed E-state index contributed by atoms with van der Waals surface area (Å²) in [5.41, 5.74) is 1.27. The molecule has 0 unspecified atom stereocenters. The van der Waals surface area contributed by atoms with Gasteiger partial charge in [0.2, 0.25) is 0 Å². The Balaban J connectivity index is 1.71. The highest BCUT2D eigenvalue weighted by Gasteiger charge is 2.18. The molecule has 0 aliphatic carbocycles. The van der Waals surface area contributed by atoms with Gasteiger partial charge in [0.25, 0.3) is 5.91 Å². The second kappa shape index (κ2) is 11.4. The van der Waals surface area contributed by atoms with Crippen LogP contribution >= 0.6 is 0 Å². The van der Waals surface area contributed by atoms with Crippen LogP contribution in [0.5, 0.6) is 11.5 Å². The number of hydrogen-bond donors (Lipinski definition) is 0. The van der Waals surface area contributed by atoms with Crippen LogP contribution in [0.25, 0.3) is 11.1 Å². The average molecular weight is 487 g/mol. The number of carbonyl (C=O) groups is 2. The lowest BCUT2D eigenvalue weighted by molar-refractivity contribution is -0.143. The van der Waals surface area contributed by atoms with Gasteiger partial charge in [-0.2, -0.15) is 0 Å². The fraction of sp³-hybridized carbons (Fsp3) is 0.231. The first-order valence-corrected chi connectivity index (χ1v) is 10.7. The van der Waals surface area contributed by atoms with Gasteiger partial charge < -0.3 is 19.1 Å². The third-order valence-electron chi connectivity index (χ3n) is 5.11. The molecule has 0 aliphatic heterocycles. The molecule has 3 aromatic carbocycles. The van der Waals surface area contributed by atoms with E-state index in [-0.39, 0.29) is 36.6 Å². The summed E-state index contributed by atoms with van der Waals surface area (Å²) in [7, 11) is 2.80. The standard InChI is InChI=1S/C26H24F3NO5/c1-4-34-25(31)14-30(2)26(32)17-7-10-21(27)18(11-17)15-35-19-8-5-16(6-9-19)20-12-22(28)23(29)13-24(20)33-3/h5-13H,4,14-15H2,1-3H3. The van der Waals surface area contributed by atoms with Gasteiger partial charge in [0, 0.05) is 29.8 Å². The molecule has 9 heteroatoms. The average Bonchev–Trinajstić information content (AvgIpc) is 2.85. The van der Waals surface area contributed by atoms with Crippen molar-refractivity contribution < 1.29 is 37.0 Å². The monoisotopic (exact) mass is 487 g/mol. The van der Waals surface area contributed by atoms with Gasteiger partial charge in [-0.25, -0.2) is 13.2 Å². The quantitative estimate of drug-likeness (QED) is 0.398. The normalized spacial score (nSPS) is 10.6. The van der Waals surface area contributed by atoms with Gasteiger partial charge >= 0.3 is 5.97 Å². The van der Waals surface area contributed by atoms with E-state index in [1.54, 1.807) is 31.2 Å². The van der Waals surface area contributed by atoms with Crippen molar-refractivity contribution in [2.45, 2.75) is 13.5 Å². The highest BCUT2D eigenvalue weighted by molar-refractivity contribution is 5.96. The van der Waals surface area contributed by atoms with Crippen molar-refractivity contribution in [2.75, 3.05) is 27.3 Å². The number of hydrogen-bond acceptors (Lipinski definition) is 5. The van der Waals surface area contributed by atoms with Crippen LogP contribution in [0.4, 0.5) is 13.2 Å². The molecule has 3 aromatic rings. The molecule has 0 radical (unpaired) electrons. The van der Waals surface area contributed by atoms with E-state index >= 15 is 0 Å². The van der Waals surface area contributed by atoms with Crippen molar-refractivity contribution >= 4 is 11.9 Å². The van der Waals surface area contributed by atoms with Crippen molar-refractivity contribution in [3.63, 3.8) is 0 Å². The first-order valence-electron chi connectivity index (χ1n) is 10.7. The number of rotatable bonds is 9. The van der Waals surface area contributed by atoms with Crippen LogP contribution in [0.1, 0.15) is 22.8 Å². The Kier molecular flexibility index (Phi) is 8.35. The van der Waals surface area contributed by atoms with E-state index in [2.05, 4.69) is 0 Å². The first kappa shape index (κ1) is 25.6. The number of halogens is 3. The third-order valence-corrected chi connectivity index (χ3v) is 5.11. The van der Waals surface area contributed by atoms with Gasteiger partial charge in [-0.3, -0.25) is 9.59 Å². The number of methoxy groups -OCH3 is 1. The molecule has 0 aromatic heterocycles. The molecule has 3 rings (SSSR count). The van der Waals surface area contributed by atoms with Gasteiger partial charge in [-0.15, -0.1) is 0 Å². The lowest BCUT2D eigenvalue weighted by atomic mass is 10.0. The van der Waals surface area contributed by atoms with Crippen molar-refractivity contribution in [1.82, 2.24) is 4.90 Å². The zero-order valence-electron chi connectivity index (χ0n) is 19.4. The summed E-state index contributed by atoms with van der Waals surface area (Å²) >= 11 is 0. The molecule has 0 fully saturated rings. The number of carbonyl (C=O) groups excluding carboxylic acids is 2. The molecule has 0 N–H and O–H groups in total. The van der Waals surface area contributed by atoms with E-state index < -0.39 is 29.3 Å². The summed E-state index contributed by atoms with van der Waals surface area (Å²) in [6.07, 6.45) is 0. The van der Waals surface area contributed by atoms with E-state index in [0.29, 0.717) is 16.9 Å². The first-order chi connectivity index (χ1) is 16.7. The SMILES string of the molecule is CCOC(=O)CN(C)C(=O)c1ccc(F)c(COc2ccc(-c3cc(F)c(F)cc3OC)cc2)c1. The second-order valence-corrected chi connectivity index (χ2v) is 7.55. The Hall–Kier alpha value is -4.01. The summed E-state index contributed by atoms with van der Waals surface area (Å²) in [4.78, 5) is 25.4. The van der Waals surface area contributed by atoms with E-state index in [1.165, 1.54) is 31.2 Å².